The Hall–Kier alpha value is -0.370. The predicted octanol–water partition coefficient (Wildman–Crippen LogP) is -0.707. The fourth-order valence-corrected chi connectivity index (χ4v) is 0.880. The van der Waals surface area contributed by atoms with Crippen LogP contribution in [0.2, 0.25) is 0 Å². The van der Waals surface area contributed by atoms with Gasteiger partial charge in [-0.25, -0.2) is 4.99 Å². The van der Waals surface area contributed by atoms with Crippen LogP contribution < -0.4 is 4.99 Å². The van der Waals surface area contributed by atoms with Crippen LogP contribution in [0.25, 0.3) is 0 Å². The summed E-state index contributed by atoms with van der Waals surface area (Å²) in [5.74, 6) is 0. The highest BCUT2D eigenvalue weighted by Crippen LogP contribution is 1.95. The molecule has 8 heavy (non-hydrogen) atoms. The van der Waals surface area contributed by atoms with Gasteiger partial charge in [-0.05, 0) is 6.92 Å². The summed E-state index contributed by atoms with van der Waals surface area (Å²) in [6.07, 6.45) is 0.509. The predicted molar refractivity (Wildman–Crippen MR) is 31.7 cm³/mol. The highest BCUT2D eigenvalue weighted by atomic mass is 16.5. The fraction of sp³-hybridized carbons (Fsp3) is 0.833. The molecule has 0 aromatic carbocycles. The minimum atomic E-state index is 0.213. The van der Waals surface area contributed by atoms with E-state index in [1.165, 1.54) is 5.71 Å². The lowest BCUT2D eigenvalue weighted by molar-refractivity contribution is -0.535. The second-order valence-electron chi connectivity index (χ2n) is 2.25. The third-order valence-electron chi connectivity index (χ3n) is 1.45. The normalized spacial score (nSPS) is 37.6. The van der Waals surface area contributed by atoms with Gasteiger partial charge in [-0.3, -0.25) is 0 Å². The highest BCUT2D eigenvalue weighted by molar-refractivity contribution is 5.81. The summed E-state index contributed by atoms with van der Waals surface area (Å²) in [5, 5.41) is 0. The van der Waals surface area contributed by atoms with E-state index >= 15 is 0 Å². The van der Waals surface area contributed by atoms with E-state index in [1.54, 1.807) is 0 Å². The molecule has 46 valence electrons. The average Bonchev–Trinajstić information content (AvgIpc) is 1.85. The standard InChI is InChI=1S/C6H11NO/c1-4-5(2)8-6(3)7-4/h5-6H,1-3H3/p+1/t5-,6-/m0/s1. The Morgan fingerprint density at radius 3 is 2.25 bits per heavy atom. The summed E-state index contributed by atoms with van der Waals surface area (Å²) >= 11 is 0. The van der Waals surface area contributed by atoms with Gasteiger partial charge >= 0.3 is 0 Å². The second-order valence-corrected chi connectivity index (χ2v) is 2.25. The molecule has 1 N–H and O–H groups in total. The Labute approximate surface area is 49.6 Å². The maximum absolute atomic E-state index is 5.33. The summed E-state index contributed by atoms with van der Waals surface area (Å²) in [5.41, 5.74) is 1.23. The third kappa shape index (κ3) is 0.892. The smallest absolute Gasteiger partial charge is 0.253 e. The minimum Gasteiger partial charge on any atom is -0.308 e. The topological polar surface area (TPSA) is 23.2 Å². The number of rotatable bonds is 0. The molecule has 0 saturated carbocycles. The van der Waals surface area contributed by atoms with Gasteiger partial charge < -0.3 is 4.74 Å². The van der Waals surface area contributed by atoms with Gasteiger partial charge in [0, 0.05) is 13.8 Å². The van der Waals surface area contributed by atoms with Gasteiger partial charge in [0.05, 0.1) is 0 Å². The first-order valence-electron chi connectivity index (χ1n) is 2.95. The lowest BCUT2D eigenvalue weighted by Crippen LogP contribution is -2.75. The summed E-state index contributed by atoms with van der Waals surface area (Å²) in [7, 11) is 0. The van der Waals surface area contributed by atoms with Crippen molar-refractivity contribution in [2.75, 3.05) is 0 Å². The van der Waals surface area contributed by atoms with Crippen LogP contribution in [0.4, 0.5) is 0 Å². The molecule has 0 aromatic rings. The van der Waals surface area contributed by atoms with Gasteiger partial charge in [-0.15, -0.1) is 0 Å². The van der Waals surface area contributed by atoms with Gasteiger partial charge in [0.2, 0.25) is 0 Å². The van der Waals surface area contributed by atoms with Crippen molar-refractivity contribution >= 4 is 5.71 Å². The van der Waals surface area contributed by atoms with Crippen LogP contribution in [0.15, 0.2) is 0 Å². The van der Waals surface area contributed by atoms with Crippen molar-refractivity contribution in [3.05, 3.63) is 0 Å². The third-order valence-corrected chi connectivity index (χ3v) is 1.45. The first-order valence-corrected chi connectivity index (χ1v) is 2.95. The SMILES string of the molecule is CC1=[NH+][C@H](C)O[C@H]1C. The molecule has 1 aliphatic heterocycles. The van der Waals surface area contributed by atoms with Gasteiger partial charge in [0.25, 0.3) is 6.23 Å². The van der Waals surface area contributed by atoms with E-state index in [9.17, 15) is 0 Å². The number of ether oxygens (including phenoxy) is 1. The number of nitrogens with one attached hydrogen (secondary N) is 1. The molecule has 2 heteroatoms. The molecule has 0 unspecified atom stereocenters. The highest BCUT2D eigenvalue weighted by Gasteiger charge is 2.24. The summed E-state index contributed by atoms with van der Waals surface area (Å²) in [4.78, 5) is 3.16. The van der Waals surface area contributed by atoms with E-state index in [4.69, 9.17) is 4.74 Å². The lowest BCUT2D eigenvalue weighted by Gasteiger charge is -1.96. The molecule has 0 fully saturated rings. The van der Waals surface area contributed by atoms with Crippen LogP contribution in [0.1, 0.15) is 20.8 Å². The molecule has 2 atom stereocenters. The molecular weight excluding hydrogens is 102 g/mol. The molecule has 0 aromatic heterocycles. The number of hydrogen-bond donors (Lipinski definition) is 1. The molecule has 1 rings (SSSR count). The molecule has 0 amide bonds. The molecule has 0 aliphatic carbocycles. The second kappa shape index (κ2) is 1.86. The molecule has 2 nitrogen and oxygen atoms in total. The average molecular weight is 114 g/mol. The Morgan fingerprint density at radius 2 is 2.12 bits per heavy atom. The van der Waals surface area contributed by atoms with E-state index in [0.29, 0.717) is 6.10 Å². The zero-order valence-corrected chi connectivity index (χ0v) is 5.56. The first-order chi connectivity index (χ1) is 3.70. The minimum absolute atomic E-state index is 0.213. The van der Waals surface area contributed by atoms with E-state index in [2.05, 4.69) is 4.99 Å². The van der Waals surface area contributed by atoms with Gasteiger partial charge in [0.15, 0.2) is 5.71 Å². The molecule has 0 spiro atoms. The fourth-order valence-electron chi connectivity index (χ4n) is 0.880. The van der Waals surface area contributed by atoms with Crippen LogP contribution in [-0.2, 0) is 4.74 Å². The van der Waals surface area contributed by atoms with Gasteiger partial charge in [0.1, 0.15) is 6.10 Å². The quantitative estimate of drug-likeness (QED) is 0.442. The van der Waals surface area contributed by atoms with Gasteiger partial charge in [-0.1, -0.05) is 0 Å². The van der Waals surface area contributed by atoms with Crippen LogP contribution >= 0.6 is 0 Å². The monoisotopic (exact) mass is 114 g/mol. The van der Waals surface area contributed by atoms with Crippen LogP contribution in [-0.4, -0.2) is 18.0 Å². The van der Waals surface area contributed by atoms with Crippen molar-refractivity contribution in [3.63, 3.8) is 0 Å². The van der Waals surface area contributed by atoms with E-state index in [-0.39, 0.29) is 6.23 Å². The molecular formula is C6H12NO+. The molecule has 0 saturated heterocycles. The Bertz CT molecular complexity index is 120. The summed E-state index contributed by atoms with van der Waals surface area (Å²) in [6, 6.07) is 0. The van der Waals surface area contributed by atoms with Crippen LogP contribution in [0, 0.1) is 0 Å². The van der Waals surface area contributed by atoms with Crippen LogP contribution in [0.5, 0.6) is 0 Å². The zero-order valence-electron chi connectivity index (χ0n) is 5.56. The van der Waals surface area contributed by atoms with E-state index < -0.39 is 0 Å². The summed E-state index contributed by atoms with van der Waals surface area (Å²) < 4.78 is 5.33. The van der Waals surface area contributed by atoms with E-state index in [1.807, 2.05) is 20.8 Å². The molecule has 1 aliphatic rings. The Kier molecular flexibility index (Phi) is 1.34. The van der Waals surface area contributed by atoms with Crippen LogP contribution in [0.3, 0.4) is 0 Å². The van der Waals surface area contributed by atoms with Crippen molar-refractivity contribution in [2.45, 2.75) is 33.1 Å². The first kappa shape index (κ1) is 5.76. The zero-order chi connectivity index (χ0) is 6.15. The number of hydrogen-bond acceptors (Lipinski definition) is 1. The lowest BCUT2D eigenvalue weighted by atomic mass is 10.3. The Morgan fingerprint density at radius 1 is 1.50 bits per heavy atom. The largest absolute Gasteiger partial charge is 0.308 e. The van der Waals surface area contributed by atoms with Crippen molar-refractivity contribution in [2.24, 2.45) is 0 Å². The van der Waals surface area contributed by atoms with Crippen molar-refractivity contribution in [1.82, 2.24) is 0 Å². The van der Waals surface area contributed by atoms with Crippen molar-refractivity contribution in [3.8, 4) is 0 Å². The summed E-state index contributed by atoms with van der Waals surface area (Å²) in [6.45, 7) is 6.10. The molecule has 1 heterocycles. The van der Waals surface area contributed by atoms with E-state index in [0.717, 1.165) is 0 Å². The molecule has 0 bridgehead atoms. The maximum atomic E-state index is 5.33. The molecule has 0 radical (unpaired) electrons. The van der Waals surface area contributed by atoms with Crippen molar-refractivity contribution < 1.29 is 9.73 Å². The van der Waals surface area contributed by atoms with Gasteiger partial charge in [-0.2, -0.15) is 0 Å². The maximum Gasteiger partial charge on any atom is 0.253 e. The van der Waals surface area contributed by atoms with Crippen molar-refractivity contribution in [1.29, 1.82) is 0 Å². The Balaban J connectivity index is 2.59.